The summed E-state index contributed by atoms with van der Waals surface area (Å²) in [6.07, 6.45) is -2.68. The molecule has 2 aliphatic heterocycles. The molecule has 10 bridgehead atoms. The van der Waals surface area contributed by atoms with Crippen molar-refractivity contribution in [3.05, 3.63) is 118 Å². The van der Waals surface area contributed by atoms with E-state index < -0.39 is 65.9 Å². The smallest absolute Gasteiger partial charge is 0.325 e. The molecule has 26 heteroatoms. The molecular formula is C45H38N12O8S6. The van der Waals surface area contributed by atoms with E-state index in [1.165, 1.54) is 55.6 Å². The summed E-state index contributed by atoms with van der Waals surface area (Å²) in [6, 6.07) is 8.26. The molecule has 0 radical (unpaired) electrons. The normalized spacial score (nSPS) is 20.0. The van der Waals surface area contributed by atoms with E-state index in [9.17, 15) is 39.3 Å². The van der Waals surface area contributed by atoms with Gasteiger partial charge in [-0.25, -0.2) is 39.7 Å². The number of primary amides is 1. The molecule has 10 rings (SSSR count). The SMILES string of the molecule is Cc1sc2nc1C(=O)N[C@@H]([C@H](O)c1ccccc1)c1nc(cs1)C(=O)NC(=O)N1C[C@H](O)[C@H](C)[C@H]1c1nc(cs1)-c1nc(cs1)-c1nc(-c3nc(CO)cs3)ccc1-c1nc(cs1)C(=O)N[C@H]2CC(N)=O. The monoisotopic (exact) mass is 1070 g/mol. The maximum absolute atomic E-state index is 14.2. The van der Waals surface area contributed by atoms with Gasteiger partial charge in [0.25, 0.3) is 17.7 Å². The number of aliphatic hydroxyl groups is 3. The molecule has 8 aromatic rings. The number of aliphatic hydroxyl groups excluding tert-OH is 3. The zero-order chi connectivity index (χ0) is 49.7. The van der Waals surface area contributed by atoms with Crippen LogP contribution < -0.4 is 21.7 Å². The summed E-state index contributed by atoms with van der Waals surface area (Å²) in [5, 5.41) is 51.2. The third-order valence-electron chi connectivity index (χ3n) is 11.6. The number of fused-ring (bicyclic) bond motifs is 16. The lowest BCUT2D eigenvalue weighted by Crippen LogP contribution is -2.43. The molecule has 362 valence electrons. The third-order valence-corrected chi connectivity index (χ3v) is 17.2. The number of amides is 6. The first-order chi connectivity index (χ1) is 34.2. The van der Waals surface area contributed by atoms with Crippen LogP contribution in [0.2, 0.25) is 0 Å². The van der Waals surface area contributed by atoms with Gasteiger partial charge in [0, 0.05) is 49.8 Å². The lowest BCUT2D eigenvalue weighted by atomic mass is 10.0. The van der Waals surface area contributed by atoms with Crippen LogP contribution in [0.5, 0.6) is 0 Å². The third kappa shape index (κ3) is 9.64. The summed E-state index contributed by atoms with van der Waals surface area (Å²) < 4.78 is 0. The average Bonchev–Trinajstić information content (AvgIpc) is 4.23. The second kappa shape index (κ2) is 19.9. The molecule has 0 spiro atoms. The first kappa shape index (κ1) is 48.0. The maximum Gasteiger partial charge on any atom is 0.325 e. The highest BCUT2D eigenvalue weighted by Crippen LogP contribution is 2.42. The van der Waals surface area contributed by atoms with Gasteiger partial charge < -0.3 is 36.6 Å². The van der Waals surface area contributed by atoms with E-state index in [0.29, 0.717) is 64.5 Å². The van der Waals surface area contributed by atoms with E-state index in [1.807, 2.05) is 5.38 Å². The number of thiazole rings is 6. The van der Waals surface area contributed by atoms with Gasteiger partial charge >= 0.3 is 6.03 Å². The molecule has 8 N–H and O–H groups in total. The Morgan fingerprint density at radius 1 is 0.732 bits per heavy atom. The van der Waals surface area contributed by atoms with Gasteiger partial charge in [0.1, 0.15) is 76.4 Å². The van der Waals surface area contributed by atoms with Crippen molar-refractivity contribution in [2.45, 2.75) is 57.2 Å². The molecule has 6 amide bonds. The number of aromatic nitrogens is 7. The fourth-order valence-electron chi connectivity index (χ4n) is 8.02. The lowest BCUT2D eigenvalue weighted by Gasteiger charge is -2.24. The van der Waals surface area contributed by atoms with Crippen LogP contribution in [0.3, 0.4) is 0 Å². The standard InChI is InChI=1S/C45H38N12O8S6/c1-18-29(59)11-57-34(18)44-53-28(17-70-44)41-50-25(14-68-41)32-22(8-9-23(48-32)40-47-21(12-58)13-66-40)39-51-26(15-67-39)36(62)49-24(10-30(46)60)42-55-31(19(2)71-42)38(64)54-33(35(61)20-6-4-3-5-7-20)43-52-27(16-69-43)37(63)56-45(57)65/h3-9,13-18,24,29,33-35,58-59,61H,10-12H2,1-2H3,(H2,46,60)(H,49,62)(H,54,64)(H,56,63,65)/t18-,24-,29-,33-,34-,35+/m0/s1. The number of nitrogens with two attached hydrogens (primary N) is 1. The first-order valence-corrected chi connectivity index (χ1v) is 26.7. The molecule has 0 saturated carbocycles. The zero-order valence-electron chi connectivity index (χ0n) is 37.0. The van der Waals surface area contributed by atoms with E-state index in [-0.39, 0.29) is 46.7 Å². The molecular weight excluding hydrogens is 1030 g/mol. The van der Waals surface area contributed by atoms with Crippen molar-refractivity contribution in [1.29, 1.82) is 0 Å². The second-order valence-corrected chi connectivity index (χ2v) is 21.9. The zero-order valence-corrected chi connectivity index (χ0v) is 41.9. The number of imide groups is 1. The Balaban J connectivity index is 1.06. The Hall–Kier alpha value is -6.62. The number of hydrogen-bond acceptors (Lipinski definition) is 21. The van der Waals surface area contributed by atoms with Crippen molar-refractivity contribution in [1.82, 2.24) is 55.7 Å². The van der Waals surface area contributed by atoms with E-state index in [4.69, 9.17) is 25.7 Å². The predicted octanol–water partition coefficient (Wildman–Crippen LogP) is 6.06. The number of carbonyl (C=O) groups excluding carboxylic acids is 5. The Morgan fingerprint density at radius 2 is 1.41 bits per heavy atom. The number of carbonyl (C=O) groups is 5. The molecule has 20 nitrogen and oxygen atoms in total. The molecule has 7 aromatic heterocycles. The van der Waals surface area contributed by atoms with Crippen molar-refractivity contribution in [3.8, 4) is 43.4 Å². The fraction of sp³-hybridized carbons (Fsp3) is 0.244. The minimum atomic E-state index is -1.37. The predicted molar refractivity (Wildman–Crippen MR) is 267 cm³/mol. The summed E-state index contributed by atoms with van der Waals surface area (Å²) in [6.45, 7) is 3.09. The number of benzene rings is 1. The minimum Gasteiger partial charge on any atom is -0.391 e. The number of nitrogens with one attached hydrogen (secondary N) is 3. The van der Waals surface area contributed by atoms with Crippen molar-refractivity contribution in [3.63, 3.8) is 0 Å². The van der Waals surface area contributed by atoms with Gasteiger partial charge in [0.15, 0.2) is 0 Å². The second-order valence-electron chi connectivity index (χ2n) is 16.4. The molecule has 1 fully saturated rings. The summed E-state index contributed by atoms with van der Waals surface area (Å²) in [4.78, 5) is 103. The molecule has 0 aliphatic carbocycles. The Morgan fingerprint density at radius 3 is 2.18 bits per heavy atom. The van der Waals surface area contributed by atoms with Crippen LogP contribution in [0, 0.1) is 12.8 Å². The molecule has 71 heavy (non-hydrogen) atoms. The van der Waals surface area contributed by atoms with Crippen molar-refractivity contribution >= 4 is 97.7 Å². The van der Waals surface area contributed by atoms with Crippen LogP contribution in [0.25, 0.3) is 43.4 Å². The summed E-state index contributed by atoms with van der Waals surface area (Å²) in [7, 11) is 0. The number of urea groups is 1. The first-order valence-electron chi connectivity index (χ1n) is 21.5. The average molecular weight is 1070 g/mol. The molecule has 1 saturated heterocycles. The Bertz CT molecular complexity index is 3350. The Labute approximate surface area is 426 Å². The Kier molecular flexibility index (Phi) is 13.4. The van der Waals surface area contributed by atoms with Crippen LogP contribution in [0.15, 0.2) is 69.4 Å². The number of rotatable bonds is 6. The maximum atomic E-state index is 14.2. The number of hydrogen-bond donors (Lipinski definition) is 7. The molecule has 9 heterocycles. The van der Waals surface area contributed by atoms with Gasteiger partial charge in [-0.3, -0.25) is 24.5 Å². The van der Waals surface area contributed by atoms with Gasteiger partial charge in [0.2, 0.25) is 5.91 Å². The van der Waals surface area contributed by atoms with E-state index in [0.717, 1.165) is 22.7 Å². The highest BCUT2D eigenvalue weighted by molar-refractivity contribution is 7.15. The molecule has 6 atom stereocenters. The van der Waals surface area contributed by atoms with Gasteiger partial charge in [-0.15, -0.1) is 68.0 Å². The quantitative estimate of drug-likeness (QED) is 0.0996. The van der Waals surface area contributed by atoms with Gasteiger partial charge in [0.05, 0.1) is 42.6 Å². The summed E-state index contributed by atoms with van der Waals surface area (Å²) >= 11 is 7.09. The van der Waals surface area contributed by atoms with Crippen molar-refractivity contribution in [2.75, 3.05) is 6.54 Å². The van der Waals surface area contributed by atoms with Crippen molar-refractivity contribution in [2.24, 2.45) is 11.7 Å². The van der Waals surface area contributed by atoms with Crippen molar-refractivity contribution < 1.29 is 39.3 Å². The van der Waals surface area contributed by atoms with Crippen LogP contribution in [0.4, 0.5) is 4.79 Å². The van der Waals surface area contributed by atoms with Gasteiger partial charge in [-0.1, -0.05) is 37.3 Å². The van der Waals surface area contributed by atoms with Gasteiger partial charge in [-0.05, 0) is 24.6 Å². The van der Waals surface area contributed by atoms with Crippen LogP contribution in [-0.4, -0.2) is 97.4 Å². The van der Waals surface area contributed by atoms with Crippen LogP contribution >= 0.6 is 68.0 Å². The number of pyridine rings is 1. The number of nitrogens with zero attached hydrogens (tertiary/aromatic N) is 8. The summed E-state index contributed by atoms with van der Waals surface area (Å²) in [5.74, 6) is -3.45. The molecule has 0 unspecified atom stereocenters. The van der Waals surface area contributed by atoms with Crippen LogP contribution in [0.1, 0.15) is 100 Å². The largest absolute Gasteiger partial charge is 0.391 e. The number of aryl methyl sites for hydroxylation is 1. The van der Waals surface area contributed by atoms with E-state index >= 15 is 0 Å². The van der Waals surface area contributed by atoms with Crippen LogP contribution in [-0.2, 0) is 11.4 Å². The fourth-order valence-corrected chi connectivity index (χ4v) is 13.3. The van der Waals surface area contributed by atoms with E-state index in [2.05, 4.69) is 30.9 Å². The van der Waals surface area contributed by atoms with E-state index in [1.54, 1.807) is 72.5 Å². The highest BCUT2D eigenvalue weighted by Gasteiger charge is 2.44. The minimum absolute atomic E-state index is 0.0170. The molecule has 1 aromatic carbocycles. The lowest BCUT2D eigenvalue weighted by molar-refractivity contribution is -0.118. The van der Waals surface area contributed by atoms with Gasteiger partial charge in [-0.2, -0.15) is 0 Å². The molecule has 2 aliphatic rings. The highest BCUT2D eigenvalue weighted by atomic mass is 32.1. The summed E-state index contributed by atoms with van der Waals surface area (Å²) in [5.41, 5.74) is 8.79. The topological polar surface area (TPSA) is 302 Å².